The molecule has 0 radical (unpaired) electrons. The van der Waals surface area contributed by atoms with Crippen LogP contribution >= 0.6 is 0 Å². The van der Waals surface area contributed by atoms with Crippen LogP contribution in [0.3, 0.4) is 0 Å². The van der Waals surface area contributed by atoms with Crippen molar-refractivity contribution in [1.82, 2.24) is 14.6 Å². The third kappa shape index (κ3) is 4.52. The molecule has 1 aliphatic heterocycles. The van der Waals surface area contributed by atoms with Crippen molar-refractivity contribution in [3.8, 4) is 0 Å². The lowest BCUT2D eigenvalue weighted by atomic mass is 10.0. The van der Waals surface area contributed by atoms with Crippen molar-refractivity contribution >= 4 is 27.4 Å². The molecule has 11 heteroatoms. The molecule has 0 bridgehead atoms. The Balaban J connectivity index is 1.57. The molecule has 1 N–H and O–H groups in total. The number of pyridine rings is 1. The van der Waals surface area contributed by atoms with E-state index in [1.165, 1.54) is 6.07 Å². The maximum atomic E-state index is 13.0. The zero-order chi connectivity index (χ0) is 23.1. The summed E-state index contributed by atoms with van der Waals surface area (Å²) in [5.41, 5.74) is -0.143. The fraction of sp³-hybridized carbons (Fsp3) is 0.286. The summed E-state index contributed by atoms with van der Waals surface area (Å²) in [7, 11) is -4.47. The quantitative estimate of drug-likeness (QED) is 0.733. The molecule has 1 aromatic heterocycles. The Morgan fingerprint density at radius 2 is 1.84 bits per heavy atom. The highest BCUT2D eigenvalue weighted by Gasteiger charge is 2.35. The van der Waals surface area contributed by atoms with E-state index >= 15 is 0 Å². The van der Waals surface area contributed by atoms with Gasteiger partial charge in [-0.3, -0.25) is 9.59 Å². The van der Waals surface area contributed by atoms with Crippen molar-refractivity contribution in [1.29, 1.82) is 0 Å². The van der Waals surface area contributed by atoms with Gasteiger partial charge in [0.1, 0.15) is 5.69 Å². The van der Waals surface area contributed by atoms with Crippen LogP contribution in [-0.4, -0.2) is 42.1 Å². The number of hydrogen-bond acceptors (Lipinski definition) is 5. The molecule has 2 aromatic rings. The molecule has 4 rings (SSSR count). The highest BCUT2D eigenvalue weighted by Crippen LogP contribution is 2.32. The SMILES string of the molecule is O=C(NC1CC1)c1cccc(C2=CC(=O)N(S(=O)(=O)c3cccc(C(F)(F)F)c3)CC2)n1. The molecule has 1 fully saturated rings. The first-order valence-corrected chi connectivity index (χ1v) is 11.2. The second-order valence-electron chi connectivity index (χ2n) is 7.52. The van der Waals surface area contributed by atoms with Gasteiger partial charge >= 0.3 is 6.18 Å². The first-order chi connectivity index (χ1) is 15.1. The van der Waals surface area contributed by atoms with Crippen LogP contribution in [0.2, 0.25) is 0 Å². The molecule has 7 nitrogen and oxygen atoms in total. The Labute approximate surface area is 182 Å². The Morgan fingerprint density at radius 1 is 1.12 bits per heavy atom. The van der Waals surface area contributed by atoms with Gasteiger partial charge in [0.25, 0.3) is 21.8 Å². The van der Waals surface area contributed by atoms with E-state index in [0.29, 0.717) is 21.6 Å². The molecule has 1 saturated carbocycles. The van der Waals surface area contributed by atoms with Crippen LogP contribution in [0, 0.1) is 0 Å². The molecular weight excluding hydrogens is 447 g/mol. The minimum atomic E-state index is -4.72. The van der Waals surface area contributed by atoms with Crippen molar-refractivity contribution in [2.45, 2.75) is 36.4 Å². The number of aromatic nitrogens is 1. The zero-order valence-corrected chi connectivity index (χ0v) is 17.4. The molecule has 0 saturated heterocycles. The average molecular weight is 465 g/mol. The van der Waals surface area contributed by atoms with Gasteiger partial charge in [0.2, 0.25) is 0 Å². The van der Waals surface area contributed by atoms with Gasteiger partial charge in [0, 0.05) is 18.7 Å². The molecule has 168 valence electrons. The number of sulfonamides is 1. The Morgan fingerprint density at radius 3 is 2.50 bits per heavy atom. The van der Waals surface area contributed by atoms with Crippen LogP contribution in [0.15, 0.2) is 53.4 Å². The van der Waals surface area contributed by atoms with E-state index in [4.69, 9.17) is 0 Å². The van der Waals surface area contributed by atoms with Gasteiger partial charge in [-0.25, -0.2) is 17.7 Å². The van der Waals surface area contributed by atoms with Crippen LogP contribution in [0.4, 0.5) is 13.2 Å². The van der Waals surface area contributed by atoms with Gasteiger partial charge in [0.05, 0.1) is 16.2 Å². The lowest BCUT2D eigenvalue weighted by Crippen LogP contribution is -2.39. The summed E-state index contributed by atoms with van der Waals surface area (Å²) in [4.78, 5) is 28.5. The maximum absolute atomic E-state index is 13.0. The van der Waals surface area contributed by atoms with Crippen LogP contribution < -0.4 is 5.32 Å². The van der Waals surface area contributed by atoms with Crippen molar-refractivity contribution < 1.29 is 31.2 Å². The molecule has 2 heterocycles. The standard InChI is InChI=1S/C21H18F3N3O4S/c22-21(23,24)14-3-1-4-16(12-14)32(30,31)27-10-9-13(11-19(27)28)17-5-2-6-18(26-17)20(29)25-15-7-8-15/h1-6,11-12,15H,7-10H2,(H,25,29). The summed E-state index contributed by atoms with van der Waals surface area (Å²) < 4.78 is 65.0. The molecule has 2 aliphatic rings. The molecule has 0 spiro atoms. The van der Waals surface area contributed by atoms with E-state index < -0.39 is 32.6 Å². The smallest absolute Gasteiger partial charge is 0.348 e. The number of hydrogen-bond donors (Lipinski definition) is 1. The summed E-state index contributed by atoms with van der Waals surface area (Å²) in [6.45, 7) is -0.260. The number of benzene rings is 1. The third-order valence-electron chi connectivity index (χ3n) is 5.10. The molecule has 32 heavy (non-hydrogen) atoms. The lowest BCUT2D eigenvalue weighted by molar-refractivity contribution is -0.137. The van der Waals surface area contributed by atoms with Crippen LogP contribution in [0.5, 0.6) is 0 Å². The van der Waals surface area contributed by atoms with Gasteiger partial charge in [-0.1, -0.05) is 12.1 Å². The second kappa shape index (κ2) is 8.05. The van der Waals surface area contributed by atoms with Crippen LogP contribution in [0.25, 0.3) is 5.57 Å². The number of carbonyl (C=O) groups is 2. The van der Waals surface area contributed by atoms with E-state index in [0.717, 1.165) is 37.1 Å². The van der Waals surface area contributed by atoms with E-state index in [-0.39, 0.29) is 30.6 Å². The molecule has 1 aliphatic carbocycles. The Hall–Kier alpha value is -3.21. The summed E-state index contributed by atoms with van der Waals surface area (Å²) in [6.07, 6.45) is -1.69. The van der Waals surface area contributed by atoms with Crippen molar-refractivity contribution in [2.24, 2.45) is 0 Å². The fourth-order valence-corrected chi connectivity index (χ4v) is 4.66. The fourth-order valence-electron chi connectivity index (χ4n) is 3.25. The van der Waals surface area contributed by atoms with Crippen molar-refractivity contribution in [2.75, 3.05) is 6.54 Å². The van der Waals surface area contributed by atoms with Gasteiger partial charge < -0.3 is 5.32 Å². The normalized spacial score (nSPS) is 17.2. The van der Waals surface area contributed by atoms with Gasteiger partial charge in [-0.2, -0.15) is 13.2 Å². The maximum Gasteiger partial charge on any atom is 0.416 e. The second-order valence-corrected chi connectivity index (χ2v) is 9.38. The van der Waals surface area contributed by atoms with Crippen molar-refractivity contribution in [3.05, 3.63) is 65.5 Å². The topological polar surface area (TPSA) is 96.4 Å². The van der Waals surface area contributed by atoms with E-state index in [1.54, 1.807) is 12.1 Å². The van der Waals surface area contributed by atoms with Crippen LogP contribution in [-0.2, 0) is 21.0 Å². The zero-order valence-electron chi connectivity index (χ0n) is 16.6. The molecule has 1 aromatic carbocycles. The number of amides is 2. The Kier molecular flexibility index (Phi) is 5.53. The third-order valence-corrected chi connectivity index (χ3v) is 6.89. The Bertz CT molecular complexity index is 1220. The first-order valence-electron chi connectivity index (χ1n) is 9.78. The summed E-state index contributed by atoms with van der Waals surface area (Å²) in [5, 5.41) is 2.81. The highest BCUT2D eigenvalue weighted by molar-refractivity contribution is 7.89. The number of nitrogens with one attached hydrogen (secondary N) is 1. The predicted molar refractivity (Wildman–Crippen MR) is 108 cm³/mol. The van der Waals surface area contributed by atoms with Crippen LogP contribution in [0.1, 0.15) is 41.0 Å². The van der Waals surface area contributed by atoms with Gasteiger partial charge in [-0.15, -0.1) is 0 Å². The predicted octanol–water partition coefficient (Wildman–Crippen LogP) is 3.00. The van der Waals surface area contributed by atoms with Gasteiger partial charge in [0.15, 0.2) is 0 Å². The average Bonchev–Trinajstić information content (AvgIpc) is 3.57. The number of halogens is 3. The minimum absolute atomic E-state index is 0.102. The lowest BCUT2D eigenvalue weighted by Gasteiger charge is -2.26. The van der Waals surface area contributed by atoms with E-state index in [2.05, 4.69) is 10.3 Å². The summed E-state index contributed by atoms with van der Waals surface area (Å²) in [5.74, 6) is -1.22. The number of carbonyl (C=O) groups excluding carboxylic acids is 2. The molecule has 2 amide bonds. The summed E-state index contributed by atoms with van der Waals surface area (Å²) >= 11 is 0. The number of alkyl halides is 3. The van der Waals surface area contributed by atoms with E-state index in [1.807, 2.05) is 0 Å². The number of rotatable bonds is 5. The highest BCUT2D eigenvalue weighted by atomic mass is 32.2. The van der Waals surface area contributed by atoms with Gasteiger partial charge in [-0.05, 0) is 55.2 Å². The number of nitrogens with zero attached hydrogens (tertiary/aromatic N) is 2. The molecule has 0 unspecified atom stereocenters. The summed E-state index contributed by atoms with van der Waals surface area (Å²) in [6, 6.07) is 8.16. The molecule has 0 atom stereocenters. The minimum Gasteiger partial charge on any atom is -0.348 e. The largest absolute Gasteiger partial charge is 0.416 e. The first kappa shape index (κ1) is 22.0. The molecular formula is C21H18F3N3O4S. The van der Waals surface area contributed by atoms with Crippen molar-refractivity contribution in [3.63, 3.8) is 0 Å². The van der Waals surface area contributed by atoms with E-state index in [9.17, 15) is 31.2 Å². The monoisotopic (exact) mass is 465 g/mol.